The first-order valence-corrected chi connectivity index (χ1v) is 5.71. The largest absolute Gasteiger partial charge is 0.433 e. The maximum Gasteiger partial charge on any atom is 0.433 e. The fraction of sp³-hybridized carbons (Fsp3) is 0.250. The molecule has 0 spiro atoms. The van der Waals surface area contributed by atoms with E-state index in [2.05, 4.69) is 5.10 Å². The number of aromatic nitrogens is 2. The molecule has 96 valence electrons. The molecule has 18 heavy (non-hydrogen) atoms. The highest BCUT2D eigenvalue weighted by molar-refractivity contribution is 6.30. The smallest absolute Gasteiger partial charge is 0.228 e. The minimum absolute atomic E-state index is 0.178. The highest BCUT2D eigenvalue weighted by Crippen LogP contribution is 2.33. The molecular weight excluding hydrogens is 265 g/mol. The first-order chi connectivity index (χ1) is 8.43. The van der Waals surface area contributed by atoms with Gasteiger partial charge in [-0.05, 0) is 30.7 Å². The van der Waals surface area contributed by atoms with Crippen molar-refractivity contribution in [2.75, 3.05) is 0 Å². The van der Waals surface area contributed by atoms with E-state index in [4.69, 9.17) is 11.6 Å². The molecule has 0 amide bonds. The van der Waals surface area contributed by atoms with Crippen molar-refractivity contribution in [3.05, 3.63) is 46.7 Å². The van der Waals surface area contributed by atoms with E-state index in [1.807, 2.05) is 0 Å². The summed E-state index contributed by atoms with van der Waals surface area (Å²) in [7, 11) is 0. The summed E-state index contributed by atoms with van der Waals surface area (Å²) < 4.78 is 39.9. The Morgan fingerprint density at radius 2 is 1.83 bits per heavy atom. The monoisotopic (exact) mass is 274 g/mol. The third-order valence-electron chi connectivity index (χ3n) is 2.57. The van der Waals surface area contributed by atoms with Gasteiger partial charge in [0, 0.05) is 10.6 Å². The van der Waals surface area contributed by atoms with Gasteiger partial charge in [0.25, 0.3) is 0 Å². The van der Waals surface area contributed by atoms with Crippen LogP contribution in [-0.2, 0) is 12.6 Å². The fourth-order valence-electron chi connectivity index (χ4n) is 1.72. The number of hydrogen-bond acceptors (Lipinski definition) is 1. The summed E-state index contributed by atoms with van der Waals surface area (Å²) in [6.45, 7) is 1.67. The van der Waals surface area contributed by atoms with Crippen molar-refractivity contribution in [1.29, 1.82) is 0 Å². The molecule has 0 aliphatic heterocycles. The quantitative estimate of drug-likeness (QED) is 0.806. The van der Waals surface area contributed by atoms with Gasteiger partial charge < -0.3 is 0 Å². The second-order valence-electron chi connectivity index (χ2n) is 3.76. The van der Waals surface area contributed by atoms with Gasteiger partial charge >= 0.3 is 6.18 Å². The molecule has 0 saturated carbocycles. The maximum absolute atomic E-state index is 13.0. The van der Waals surface area contributed by atoms with Crippen LogP contribution in [0.1, 0.15) is 18.2 Å². The molecule has 1 aromatic heterocycles. The van der Waals surface area contributed by atoms with Gasteiger partial charge in [-0.2, -0.15) is 18.3 Å². The second-order valence-corrected chi connectivity index (χ2v) is 4.19. The summed E-state index contributed by atoms with van der Waals surface area (Å²) >= 11 is 5.71. The van der Waals surface area contributed by atoms with Crippen molar-refractivity contribution in [3.63, 3.8) is 0 Å². The summed E-state index contributed by atoms with van der Waals surface area (Å²) in [5, 5.41) is 4.27. The number of nitrogens with zero attached hydrogens (tertiary/aromatic N) is 2. The lowest BCUT2D eigenvalue weighted by Gasteiger charge is -2.12. The predicted octanol–water partition coefficient (Wildman–Crippen LogP) is 4.11. The van der Waals surface area contributed by atoms with Crippen LogP contribution in [0.25, 0.3) is 5.69 Å². The van der Waals surface area contributed by atoms with Gasteiger partial charge in [0.15, 0.2) is 5.69 Å². The number of aryl methyl sites for hydroxylation is 1. The van der Waals surface area contributed by atoms with Crippen molar-refractivity contribution in [2.24, 2.45) is 0 Å². The molecule has 0 fully saturated rings. The topological polar surface area (TPSA) is 17.8 Å². The predicted molar refractivity (Wildman–Crippen MR) is 63.0 cm³/mol. The fourth-order valence-corrected chi connectivity index (χ4v) is 1.85. The Balaban J connectivity index is 2.58. The average molecular weight is 275 g/mol. The van der Waals surface area contributed by atoms with Crippen molar-refractivity contribution in [3.8, 4) is 5.69 Å². The molecule has 0 saturated heterocycles. The van der Waals surface area contributed by atoms with Gasteiger partial charge in [0.1, 0.15) is 0 Å². The van der Waals surface area contributed by atoms with Crippen LogP contribution in [0.2, 0.25) is 5.02 Å². The van der Waals surface area contributed by atoms with Crippen LogP contribution in [0, 0.1) is 0 Å². The second kappa shape index (κ2) is 4.65. The summed E-state index contributed by atoms with van der Waals surface area (Å²) in [5.74, 6) is 0. The number of hydrogen-bond donors (Lipinski definition) is 0. The molecule has 0 radical (unpaired) electrons. The van der Waals surface area contributed by atoms with E-state index in [9.17, 15) is 13.2 Å². The Hall–Kier alpha value is -1.49. The van der Waals surface area contributed by atoms with Gasteiger partial charge in [-0.3, -0.25) is 0 Å². The van der Waals surface area contributed by atoms with E-state index < -0.39 is 11.9 Å². The van der Waals surface area contributed by atoms with E-state index >= 15 is 0 Å². The van der Waals surface area contributed by atoms with Gasteiger partial charge in [-0.1, -0.05) is 18.5 Å². The Morgan fingerprint density at radius 3 is 2.33 bits per heavy atom. The number of alkyl halides is 3. The Morgan fingerprint density at radius 1 is 1.22 bits per heavy atom. The Bertz CT molecular complexity index is 543. The van der Waals surface area contributed by atoms with E-state index in [0.29, 0.717) is 10.7 Å². The molecule has 1 aromatic carbocycles. The summed E-state index contributed by atoms with van der Waals surface area (Å²) in [6, 6.07) is 6.07. The standard InChI is InChI=1S/C12H10ClF3N2/c1-2-8-7-17-18(11(8)12(14,15)16)10-5-3-9(13)4-6-10/h3-7H,2H2,1H3. The SMILES string of the molecule is CCc1cnn(-c2ccc(Cl)cc2)c1C(F)(F)F. The molecule has 0 atom stereocenters. The lowest BCUT2D eigenvalue weighted by atomic mass is 10.2. The molecule has 6 heteroatoms. The number of halogens is 4. The number of benzene rings is 1. The van der Waals surface area contributed by atoms with E-state index in [-0.39, 0.29) is 12.0 Å². The lowest BCUT2D eigenvalue weighted by molar-refractivity contribution is -0.143. The van der Waals surface area contributed by atoms with Gasteiger partial charge in [-0.15, -0.1) is 0 Å². The van der Waals surface area contributed by atoms with Crippen LogP contribution in [0.5, 0.6) is 0 Å². The Labute approximate surface area is 107 Å². The summed E-state index contributed by atoms with van der Waals surface area (Å²) in [6.07, 6.45) is -2.90. The molecule has 0 bridgehead atoms. The zero-order valence-electron chi connectivity index (χ0n) is 9.50. The molecule has 2 nitrogen and oxygen atoms in total. The van der Waals surface area contributed by atoms with Gasteiger partial charge in [0.2, 0.25) is 0 Å². The highest BCUT2D eigenvalue weighted by Gasteiger charge is 2.37. The molecule has 0 aliphatic rings. The number of rotatable bonds is 2. The molecule has 0 unspecified atom stereocenters. The van der Waals surface area contributed by atoms with Crippen molar-refractivity contribution in [1.82, 2.24) is 9.78 Å². The van der Waals surface area contributed by atoms with E-state index in [1.54, 1.807) is 6.92 Å². The molecule has 2 aromatic rings. The summed E-state index contributed by atoms with van der Waals surface area (Å²) in [5.41, 5.74) is -0.212. The lowest BCUT2D eigenvalue weighted by Crippen LogP contribution is -2.15. The van der Waals surface area contributed by atoms with Crippen molar-refractivity contribution in [2.45, 2.75) is 19.5 Å². The first kappa shape index (κ1) is 13.0. The molecule has 2 rings (SSSR count). The minimum atomic E-state index is -4.43. The van der Waals surface area contributed by atoms with Crippen LogP contribution in [0.4, 0.5) is 13.2 Å². The third kappa shape index (κ3) is 2.36. The third-order valence-corrected chi connectivity index (χ3v) is 2.82. The Kier molecular flexibility index (Phi) is 3.34. The zero-order chi connectivity index (χ0) is 13.3. The van der Waals surface area contributed by atoms with Crippen molar-refractivity contribution >= 4 is 11.6 Å². The van der Waals surface area contributed by atoms with Crippen molar-refractivity contribution < 1.29 is 13.2 Å². The van der Waals surface area contributed by atoms with Crippen LogP contribution in [0.15, 0.2) is 30.5 Å². The zero-order valence-corrected chi connectivity index (χ0v) is 10.3. The van der Waals surface area contributed by atoms with Crippen LogP contribution in [-0.4, -0.2) is 9.78 Å². The van der Waals surface area contributed by atoms with E-state index in [1.165, 1.54) is 30.5 Å². The van der Waals surface area contributed by atoms with Crippen LogP contribution in [0.3, 0.4) is 0 Å². The van der Waals surface area contributed by atoms with Crippen LogP contribution < -0.4 is 0 Å². The maximum atomic E-state index is 13.0. The highest BCUT2D eigenvalue weighted by atomic mass is 35.5. The summed E-state index contributed by atoms with van der Waals surface area (Å²) in [4.78, 5) is 0. The van der Waals surface area contributed by atoms with Gasteiger partial charge in [0.05, 0.1) is 11.9 Å². The average Bonchev–Trinajstić information content (AvgIpc) is 2.73. The van der Waals surface area contributed by atoms with Crippen LogP contribution >= 0.6 is 11.6 Å². The first-order valence-electron chi connectivity index (χ1n) is 5.33. The minimum Gasteiger partial charge on any atom is -0.228 e. The molecule has 1 heterocycles. The molecule has 0 N–H and O–H groups in total. The molecular formula is C12H10ClF3N2. The van der Waals surface area contributed by atoms with Gasteiger partial charge in [-0.25, -0.2) is 4.68 Å². The molecule has 0 aliphatic carbocycles. The normalized spacial score (nSPS) is 11.8. The van der Waals surface area contributed by atoms with E-state index in [0.717, 1.165) is 4.68 Å².